The highest BCUT2D eigenvalue weighted by molar-refractivity contribution is 9.10. The van der Waals surface area contributed by atoms with Gasteiger partial charge >= 0.3 is 0 Å². The van der Waals surface area contributed by atoms with E-state index in [1.807, 2.05) is 68.6 Å². The van der Waals surface area contributed by atoms with Crippen LogP contribution in [-0.4, -0.2) is 22.0 Å². The van der Waals surface area contributed by atoms with Crippen LogP contribution in [0, 0.1) is 25.2 Å². The van der Waals surface area contributed by atoms with Crippen LogP contribution >= 0.6 is 15.9 Å². The molecule has 2 N–H and O–H groups in total. The van der Waals surface area contributed by atoms with Crippen LogP contribution in [-0.2, 0) is 11.2 Å². The molecule has 4 aromatic rings. The maximum atomic E-state index is 12.7. The summed E-state index contributed by atoms with van der Waals surface area (Å²) in [5.41, 5.74) is 6.17. The highest BCUT2D eigenvalue weighted by Crippen LogP contribution is 2.27. The minimum Gasteiger partial charge on any atom is -0.361 e. The fraction of sp³-hybridized carbons (Fsp3) is 0.154. The number of carbonyl (C=O) groups is 1. The van der Waals surface area contributed by atoms with Crippen molar-refractivity contribution in [2.24, 2.45) is 0 Å². The second-order valence-corrected chi connectivity index (χ2v) is 8.50. The van der Waals surface area contributed by atoms with Crippen molar-refractivity contribution in [2.75, 3.05) is 6.54 Å². The number of benzene rings is 2. The standard InChI is InChI=1S/C26H23BrN4O/c1-17-13-20(18(2)31(17)25-10-6-4-8-23(25)27)14-21(15-28)26(32)29-12-11-19-16-30-24-9-5-3-7-22(19)24/h3-10,13-14,16,30H,11-12H2,1-2H3,(H,29,32). The van der Waals surface area contributed by atoms with Gasteiger partial charge in [-0.3, -0.25) is 4.79 Å². The number of hydrogen-bond acceptors (Lipinski definition) is 2. The summed E-state index contributed by atoms with van der Waals surface area (Å²) in [4.78, 5) is 15.9. The van der Waals surface area contributed by atoms with Crippen LogP contribution in [0.15, 0.2) is 70.8 Å². The monoisotopic (exact) mass is 486 g/mol. The van der Waals surface area contributed by atoms with E-state index < -0.39 is 0 Å². The molecule has 6 heteroatoms. The Balaban J connectivity index is 1.50. The number of nitrogens with one attached hydrogen (secondary N) is 2. The highest BCUT2D eigenvalue weighted by Gasteiger charge is 2.15. The van der Waals surface area contributed by atoms with Gasteiger partial charge in [-0.25, -0.2) is 0 Å². The Kier molecular flexibility index (Phi) is 6.29. The first-order valence-corrected chi connectivity index (χ1v) is 11.2. The van der Waals surface area contributed by atoms with E-state index in [-0.39, 0.29) is 11.5 Å². The Morgan fingerprint density at radius 1 is 1.19 bits per heavy atom. The number of halogens is 1. The van der Waals surface area contributed by atoms with Gasteiger partial charge in [0, 0.05) is 39.5 Å². The lowest BCUT2D eigenvalue weighted by molar-refractivity contribution is -0.117. The predicted molar refractivity (Wildman–Crippen MR) is 132 cm³/mol. The average molecular weight is 487 g/mol. The van der Waals surface area contributed by atoms with Crippen LogP contribution in [0.5, 0.6) is 0 Å². The van der Waals surface area contributed by atoms with E-state index in [0.717, 1.165) is 43.6 Å². The molecule has 2 aromatic carbocycles. The first kappa shape index (κ1) is 21.7. The summed E-state index contributed by atoms with van der Waals surface area (Å²) in [6, 6.07) is 20.1. The van der Waals surface area contributed by atoms with Gasteiger partial charge in [-0.2, -0.15) is 5.26 Å². The molecule has 0 aliphatic rings. The first-order chi connectivity index (χ1) is 15.5. The zero-order chi connectivity index (χ0) is 22.7. The second kappa shape index (κ2) is 9.29. The Morgan fingerprint density at radius 3 is 2.72 bits per heavy atom. The third-order valence-corrected chi connectivity index (χ3v) is 6.25. The summed E-state index contributed by atoms with van der Waals surface area (Å²) in [5, 5.41) is 13.6. The van der Waals surface area contributed by atoms with Gasteiger partial charge in [-0.05, 0) is 77.7 Å². The number of aromatic amines is 1. The first-order valence-electron chi connectivity index (χ1n) is 10.4. The molecule has 2 heterocycles. The third-order valence-electron chi connectivity index (χ3n) is 5.58. The molecule has 0 unspecified atom stereocenters. The number of nitrogens with zero attached hydrogens (tertiary/aromatic N) is 2. The molecule has 5 nitrogen and oxygen atoms in total. The van der Waals surface area contributed by atoms with Crippen LogP contribution in [0.2, 0.25) is 0 Å². The normalized spacial score (nSPS) is 11.5. The molecule has 0 bridgehead atoms. The molecule has 0 aliphatic heterocycles. The number of hydrogen-bond donors (Lipinski definition) is 2. The fourth-order valence-corrected chi connectivity index (χ4v) is 4.45. The smallest absolute Gasteiger partial charge is 0.261 e. The van der Waals surface area contributed by atoms with Gasteiger partial charge < -0.3 is 14.9 Å². The van der Waals surface area contributed by atoms with E-state index in [1.165, 1.54) is 0 Å². The number of carbonyl (C=O) groups excluding carboxylic acids is 1. The fourth-order valence-electron chi connectivity index (χ4n) is 3.99. The lowest BCUT2D eigenvalue weighted by atomic mass is 10.1. The summed E-state index contributed by atoms with van der Waals surface area (Å²) >= 11 is 3.60. The van der Waals surface area contributed by atoms with Crippen molar-refractivity contribution in [1.82, 2.24) is 14.9 Å². The maximum absolute atomic E-state index is 12.7. The molecule has 0 fully saturated rings. The number of H-pyrrole nitrogens is 1. The molecule has 4 rings (SSSR count). The van der Waals surface area contributed by atoms with Crippen molar-refractivity contribution in [1.29, 1.82) is 5.26 Å². The topological polar surface area (TPSA) is 73.6 Å². The summed E-state index contributed by atoms with van der Waals surface area (Å²) in [5.74, 6) is -0.363. The zero-order valence-corrected chi connectivity index (χ0v) is 19.5. The minimum absolute atomic E-state index is 0.0938. The predicted octanol–water partition coefficient (Wildman–Crippen LogP) is 5.60. The molecule has 0 radical (unpaired) electrons. The number of aromatic nitrogens is 2. The summed E-state index contributed by atoms with van der Waals surface area (Å²) in [6.07, 6.45) is 4.32. The molecule has 0 aliphatic carbocycles. The Bertz CT molecular complexity index is 1370. The molecule has 160 valence electrons. The van der Waals surface area contributed by atoms with E-state index in [4.69, 9.17) is 0 Å². The molecule has 1 amide bonds. The van der Waals surface area contributed by atoms with Crippen LogP contribution in [0.4, 0.5) is 0 Å². The number of nitriles is 1. The number of rotatable bonds is 6. The molecule has 0 spiro atoms. The number of para-hydroxylation sites is 2. The van der Waals surface area contributed by atoms with Crippen LogP contribution in [0.25, 0.3) is 22.7 Å². The molecule has 0 saturated heterocycles. The number of aryl methyl sites for hydroxylation is 1. The highest BCUT2D eigenvalue weighted by atomic mass is 79.9. The molecule has 32 heavy (non-hydrogen) atoms. The van der Waals surface area contributed by atoms with E-state index in [0.29, 0.717) is 13.0 Å². The average Bonchev–Trinajstić information content (AvgIpc) is 3.32. The van der Waals surface area contributed by atoms with E-state index in [9.17, 15) is 10.1 Å². The van der Waals surface area contributed by atoms with Crippen LogP contribution < -0.4 is 5.32 Å². The van der Waals surface area contributed by atoms with Gasteiger partial charge in [0.25, 0.3) is 5.91 Å². The van der Waals surface area contributed by atoms with Crippen molar-refractivity contribution in [2.45, 2.75) is 20.3 Å². The van der Waals surface area contributed by atoms with Gasteiger partial charge in [0.2, 0.25) is 0 Å². The third kappa shape index (κ3) is 4.25. The summed E-state index contributed by atoms with van der Waals surface area (Å²) in [6.45, 7) is 4.45. The Hall–Kier alpha value is -3.56. The lowest BCUT2D eigenvalue weighted by Crippen LogP contribution is -2.26. The largest absolute Gasteiger partial charge is 0.361 e. The van der Waals surface area contributed by atoms with Gasteiger partial charge in [-0.1, -0.05) is 30.3 Å². The summed E-state index contributed by atoms with van der Waals surface area (Å²) < 4.78 is 3.09. The molecule has 2 aromatic heterocycles. The quantitative estimate of drug-likeness (QED) is 0.274. The molecule has 0 saturated carbocycles. The van der Waals surface area contributed by atoms with Gasteiger partial charge in [-0.15, -0.1) is 0 Å². The Morgan fingerprint density at radius 2 is 1.94 bits per heavy atom. The lowest BCUT2D eigenvalue weighted by Gasteiger charge is -2.11. The van der Waals surface area contributed by atoms with Gasteiger partial charge in [0.1, 0.15) is 11.6 Å². The number of fused-ring (bicyclic) bond motifs is 1. The van der Waals surface area contributed by atoms with Gasteiger partial charge in [0.05, 0.1) is 5.69 Å². The molecule has 0 atom stereocenters. The molecular formula is C26H23BrN4O. The van der Waals surface area contributed by atoms with Crippen molar-refractivity contribution >= 4 is 38.8 Å². The van der Waals surface area contributed by atoms with Crippen LogP contribution in [0.3, 0.4) is 0 Å². The van der Waals surface area contributed by atoms with Crippen LogP contribution in [0.1, 0.15) is 22.5 Å². The second-order valence-electron chi connectivity index (χ2n) is 7.65. The van der Waals surface area contributed by atoms with Gasteiger partial charge in [0.15, 0.2) is 0 Å². The maximum Gasteiger partial charge on any atom is 0.261 e. The zero-order valence-electron chi connectivity index (χ0n) is 17.9. The van der Waals surface area contributed by atoms with Crippen molar-refractivity contribution in [3.8, 4) is 11.8 Å². The number of amides is 1. The van der Waals surface area contributed by atoms with Crippen molar-refractivity contribution in [3.63, 3.8) is 0 Å². The SMILES string of the molecule is Cc1cc(C=C(C#N)C(=O)NCCc2c[nH]c3ccccc23)c(C)n1-c1ccccc1Br. The van der Waals surface area contributed by atoms with E-state index in [1.54, 1.807) is 6.08 Å². The molecular weight excluding hydrogens is 464 g/mol. The minimum atomic E-state index is -0.363. The summed E-state index contributed by atoms with van der Waals surface area (Å²) in [7, 11) is 0. The van der Waals surface area contributed by atoms with Crippen molar-refractivity contribution in [3.05, 3.63) is 93.4 Å². The van der Waals surface area contributed by atoms with Crippen molar-refractivity contribution < 1.29 is 4.79 Å². The van der Waals surface area contributed by atoms with E-state index in [2.05, 4.69) is 42.9 Å². The Labute approximate surface area is 195 Å². The van der Waals surface area contributed by atoms with E-state index >= 15 is 0 Å².